The molecule has 0 heterocycles. The first-order valence-electron chi connectivity index (χ1n) is 12.3. The third-order valence-electron chi connectivity index (χ3n) is 5.63. The van der Waals surface area contributed by atoms with Gasteiger partial charge in [-0.15, -0.1) is 0 Å². The summed E-state index contributed by atoms with van der Waals surface area (Å²) in [6.45, 7) is 9.70. The summed E-state index contributed by atoms with van der Waals surface area (Å²) in [5, 5.41) is 4.21. The Morgan fingerprint density at radius 3 is 2.30 bits per heavy atom. The molecule has 33 heavy (non-hydrogen) atoms. The Kier molecular flexibility index (Phi) is 12.2. The van der Waals surface area contributed by atoms with Gasteiger partial charge in [0, 0.05) is 0 Å². The lowest BCUT2D eigenvalue weighted by Gasteiger charge is -2.14. The van der Waals surface area contributed by atoms with Gasteiger partial charge in [0.1, 0.15) is 25.2 Å². The minimum absolute atomic E-state index is 0.596. The summed E-state index contributed by atoms with van der Waals surface area (Å²) >= 11 is 0. The highest BCUT2D eigenvalue weighted by molar-refractivity contribution is 6.00. The fourth-order valence-electron chi connectivity index (χ4n) is 3.81. The first-order valence-corrected chi connectivity index (χ1v) is 12.3. The molecule has 2 aromatic rings. The number of nitrogens with zero attached hydrogens (tertiary/aromatic N) is 1. The van der Waals surface area contributed by atoms with Crippen molar-refractivity contribution >= 4 is 5.71 Å². The van der Waals surface area contributed by atoms with Gasteiger partial charge in [-0.1, -0.05) is 54.9 Å². The number of ether oxygens (including phenoxy) is 2. The summed E-state index contributed by atoms with van der Waals surface area (Å²) < 4.78 is 11.9. The Morgan fingerprint density at radius 2 is 1.67 bits per heavy atom. The van der Waals surface area contributed by atoms with E-state index in [0.29, 0.717) is 6.61 Å². The van der Waals surface area contributed by atoms with Gasteiger partial charge in [0.15, 0.2) is 0 Å². The van der Waals surface area contributed by atoms with Crippen LogP contribution in [0.3, 0.4) is 0 Å². The maximum Gasteiger partial charge on any atom is 0.125 e. The molecule has 180 valence electrons. The summed E-state index contributed by atoms with van der Waals surface area (Å²) in [5.41, 5.74) is 5.81. The van der Waals surface area contributed by atoms with Crippen LogP contribution in [0.4, 0.5) is 0 Å². The van der Waals surface area contributed by atoms with E-state index in [0.717, 1.165) is 85.5 Å². The Labute approximate surface area is 200 Å². The van der Waals surface area contributed by atoms with Crippen LogP contribution in [0.25, 0.3) is 0 Å². The summed E-state index contributed by atoms with van der Waals surface area (Å²) in [5.74, 6) is 1.88. The number of unbranched alkanes of at least 4 members (excludes halogenated alkanes) is 3. The molecular formula is C29H41NO3. The van der Waals surface area contributed by atoms with Gasteiger partial charge < -0.3 is 14.3 Å². The normalized spacial score (nSPS) is 11.7. The lowest BCUT2D eigenvalue weighted by molar-refractivity contribution is 0.212. The largest absolute Gasteiger partial charge is 0.493 e. The molecule has 0 bridgehead atoms. The van der Waals surface area contributed by atoms with Crippen LogP contribution in [-0.2, 0) is 11.3 Å². The van der Waals surface area contributed by atoms with Gasteiger partial charge in [-0.2, -0.15) is 0 Å². The standard InChI is InChI=1S/C29H41NO3/c1-6-8-14-28(30-31-5)26-17-15-25(16-18-26)13-11-10-12-20-33-29-23(3)21-27(22-24(29)4)32-19-9-7-2/h7,9,15-18,21-22H,6,8,10-14,19-20H2,1-5H3/b9-7+,30-28+. The Bertz CT molecular complexity index is 861. The molecule has 2 aromatic carbocycles. The van der Waals surface area contributed by atoms with E-state index in [1.807, 2.05) is 19.1 Å². The Hall–Kier alpha value is -2.75. The fourth-order valence-corrected chi connectivity index (χ4v) is 3.81. The second-order valence-electron chi connectivity index (χ2n) is 8.45. The molecule has 0 atom stereocenters. The van der Waals surface area contributed by atoms with Gasteiger partial charge in [-0.25, -0.2) is 0 Å². The van der Waals surface area contributed by atoms with Crippen LogP contribution in [0.15, 0.2) is 53.7 Å². The van der Waals surface area contributed by atoms with Crippen molar-refractivity contribution in [2.45, 2.75) is 72.6 Å². The molecule has 0 aliphatic rings. The van der Waals surface area contributed by atoms with Gasteiger partial charge >= 0.3 is 0 Å². The van der Waals surface area contributed by atoms with Crippen LogP contribution in [0.5, 0.6) is 11.5 Å². The van der Waals surface area contributed by atoms with E-state index in [1.54, 1.807) is 7.11 Å². The van der Waals surface area contributed by atoms with Gasteiger partial charge in [0.05, 0.1) is 12.3 Å². The van der Waals surface area contributed by atoms with Crippen LogP contribution < -0.4 is 9.47 Å². The maximum atomic E-state index is 6.10. The Morgan fingerprint density at radius 1 is 0.939 bits per heavy atom. The van der Waals surface area contributed by atoms with Crippen LogP contribution in [0.1, 0.15) is 74.6 Å². The molecule has 4 heteroatoms. The van der Waals surface area contributed by atoms with E-state index in [2.05, 4.69) is 62.3 Å². The minimum Gasteiger partial charge on any atom is -0.493 e. The second kappa shape index (κ2) is 15.2. The minimum atomic E-state index is 0.596. The summed E-state index contributed by atoms with van der Waals surface area (Å²) in [7, 11) is 1.61. The summed E-state index contributed by atoms with van der Waals surface area (Å²) in [6, 6.07) is 12.9. The number of rotatable bonds is 15. The Balaban J connectivity index is 1.74. The zero-order valence-corrected chi connectivity index (χ0v) is 21.2. The highest BCUT2D eigenvalue weighted by Crippen LogP contribution is 2.28. The van der Waals surface area contributed by atoms with E-state index in [4.69, 9.17) is 14.3 Å². The predicted molar refractivity (Wildman–Crippen MR) is 139 cm³/mol. The smallest absolute Gasteiger partial charge is 0.125 e. The molecule has 0 radical (unpaired) electrons. The van der Waals surface area contributed by atoms with Crippen LogP contribution in [-0.4, -0.2) is 26.0 Å². The molecule has 0 saturated carbocycles. The fraction of sp³-hybridized carbons (Fsp3) is 0.483. The third-order valence-corrected chi connectivity index (χ3v) is 5.63. The first kappa shape index (κ1) is 26.5. The molecule has 0 aliphatic heterocycles. The van der Waals surface area contributed by atoms with Crippen molar-refractivity contribution in [1.82, 2.24) is 0 Å². The molecule has 0 spiro atoms. The number of benzene rings is 2. The number of hydrogen-bond donors (Lipinski definition) is 0. The topological polar surface area (TPSA) is 40.0 Å². The number of hydrogen-bond acceptors (Lipinski definition) is 4. The van der Waals surface area contributed by atoms with Gasteiger partial charge in [0.2, 0.25) is 0 Å². The highest BCUT2D eigenvalue weighted by Gasteiger charge is 2.08. The molecule has 4 nitrogen and oxygen atoms in total. The van der Waals surface area contributed by atoms with Crippen molar-refractivity contribution in [2.24, 2.45) is 5.16 Å². The molecule has 0 aromatic heterocycles. The van der Waals surface area contributed by atoms with E-state index < -0.39 is 0 Å². The summed E-state index contributed by atoms with van der Waals surface area (Å²) in [4.78, 5) is 5.03. The molecule has 0 fully saturated rings. The lowest BCUT2D eigenvalue weighted by Crippen LogP contribution is -2.03. The SMILES string of the molecule is C/C=C/COc1cc(C)c(OCCCCCc2ccc(/C(CCCC)=N/OC)cc2)c(C)c1. The van der Waals surface area contributed by atoms with Gasteiger partial charge in [0.25, 0.3) is 0 Å². The molecule has 0 amide bonds. The maximum absolute atomic E-state index is 6.10. The molecular weight excluding hydrogens is 410 g/mol. The van der Waals surface area contributed by atoms with Gasteiger partial charge in [-0.3, -0.25) is 0 Å². The molecule has 0 N–H and O–H groups in total. The predicted octanol–water partition coefficient (Wildman–Crippen LogP) is 7.59. The first-order chi connectivity index (χ1) is 16.1. The van der Waals surface area contributed by atoms with Crippen molar-refractivity contribution in [3.05, 3.63) is 70.8 Å². The number of allylic oxidation sites excluding steroid dienone is 1. The average Bonchev–Trinajstić information content (AvgIpc) is 2.81. The summed E-state index contributed by atoms with van der Waals surface area (Å²) in [6.07, 6.45) is 11.7. The van der Waals surface area contributed by atoms with Crippen LogP contribution >= 0.6 is 0 Å². The van der Waals surface area contributed by atoms with E-state index in [-0.39, 0.29) is 0 Å². The van der Waals surface area contributed by atoms with Crippen LogP contribution in [0.2, 0.25) is 0 Å². The van der Waals surface area contributed by atoms with E-state index >= 15 is 0 Å². The van der Waals surface area contributed by atoms with E-state index in [9.17, 15) is 0 Å². The zero-order chi connectivity index (χ0) is 23.9. The second-order valence-corrected chi connectivity index (χ2v) is 8.45. The number of aryl methyl sites for hydroxylation is 3. The molecule has 0 saturated heterocycles. The van der Waals surface area contributed by atoms with Crippen molar-refractivity contribution < 1.29 is 14.3 Å². The monoisotopic (exact) mass is 451 g/mol. The zero-order valence-electron chi connectivity index (χ0n) is 21.2. The third kappa shape index (κ3) is 9.33. The van der Waals surface area contributed by atoms with Crippen molar-refractivity contribution in [2.75, 3.05) is 20.3 Å². The van der Waals surface area contributed by atoms with E-state index in [1.165, 1.54) is 5.56 Å². The van der Waals surface area contributed by atoms with Crippen molar-refractivity contribution in [1.29, 1.82) is 0 Å². The lowest BCUT2D eigenvalue weighted by atomic mass is 10.0. The molecule has 2 rings (SSSR count). The average molecular weight is 452 g/mol. The van der Waals surface area contributed by atoms with Crippen molar-refractivity contribution in [3.63, 3.8) is 0 Å². The quantitative estimate of drug-likeness (QED) is 0.121. The highest BCUT2D eigenvalue weighted by atomic mass is 16.6. The van der Waals surface area contributed by atoms with Crippen LogP contribution in [0, 0.1) is 13.8 Å². The van der Waals surface area contributed by atoms with Crippen molar-refractivity contribution in [3.8, 4) is 11.5 Å². The van der Waals surface area contributed by atoms with Gasteiger partial charge in [-0.05, 0) is 93.7 Å². The molecule has 0 unspecified atom stereocenters. The molecule has 0 aliphatic carbocycles. The number of oxime groups is 1.